The first-order valence-corrected chi connectivity index (χ1v) is 6.93. The van der Waals surface area contributed by atoms with E-state index in [0.29, 0.717) is 0 Å². The summed E-state index contributed by atoms with van der Waals surface area (Å²) < 4.78 is 15.3. The average Bonchev–Trinajstić information content (AvgIpc) is 2.49. The second-order valence-electron chi connectivity index (χ2n) is 5.51. The molecule has 130 valence electrons. The number of ether oxygens (including phenoxy) is 3. The maximum atomic E-state index is 9.92. The molecule has 0 bridgehead atoms. The largest absolute Gasteiger partial charge is 0.394 e. The van der Waals surface area contributed by atoms with Crippen LogP contribution in [0.15, 0.2) is 0 Å². The molecule has 0 aliphatic carbocycles. The van der Waals surface area contributed by atoms with Gasteiger partial charge in [0.1, 0.15) is 42.7 Å². The van der Waals surface area contributed by atoms with Crippen molar-refractivity contribution in [1.82, 2.24) is 0 Å². The van der Waals surface area contributed by atoms with Crippen molar-refractivity contribution in [3.05, 3.63) is 0 Å². The lowest BCUT2D eigenvalue weighted by atomic mass is 9.98. The zero-order chi connectivity index (χ0) is 16.6. The van der Waals surface area contributed by atoms with Gasteiger partial charge in [-0.25, -0.2) is 0 Å². The molecule has 7 N–H and O–H groups in total. The lowest BCUT2D eigenvalue weighted by Gasteiger charge is -2.44. The van der Waals surface area contributed by atoms with E-state index >= 15 is 0 Å². The first-order valence-electron chi connectivity index (χ1n) is 6.93. The molecule has 2 unspecified atom stereocenters. The Bertz CT molecular complexity index is 366. The smallest absolute Gasteiger partial charge is 0.187 e. The van der Waals surface area contributed by atoms with Gasteiger partial charge in [-0.2, -0.15) is 0 Å². The summed E-state index contributed by atoms with van der Waals surface area (Å²) in [7, 11) is 0. The van der Waals surface area contributed by atoms with Gasteiger partial charge in [0.15, 0.2) is 12.6 Å². The lowest BCUT2D eigenvalue weighted by Crippen LogP contribution is -2.63. The Morgan fingerprint density at radius 1 is 0.818 bits per heavy atom. The first kappa shape index (κ1) is 17.9. The molecule has 0 aromatic rings. The van der Waals surface area contributed by atoms with Crippen molar-refractivity contribution in [3.63, 3.8) is 0 Å². The molecular weight excluding hydrogens is 304 g/mol. The van der Waals surface area contributed by atoms with Gasteiger partial charge in [0.2, 0.25) is 0 Å². The molecule has 2 saturated heterocycles. The van der Waals surface area contributed by atoms with Gasteiger partial charge in [-0.3, -0.25) is 0 Å². The van der Waals surface area contributed by atoms with Crippen LogP contribution in [0.1, 0.15) is 6.92 Å². The highest BCUT2D eigenvalue weighted by Crippen LogP contribution is 2.28. The van der Waals surface area contributed by atoms with Crippen LogP contribution in [0, 0.1) is 0 Å². The van der Waals surface area contributed by atoms with Crippen LogP contribution in [0.4, 0.5) is 0 Å². The van der Waals surface area contributed by atoms with E-state index in [9.17, 15) is 30.6 Å². The van der Waals surface area contributed by atoms with E-state index in [4.69, 9.17) is 19.3 Å². The van der Waals surface area contributed by atoms with Gasteiger partial charge in [-0.15, -0.1) is 0 Å². The summed E-state index contributed by atoms with van der Waals surface area (Å²) in [6.07, 6.45) is -14.4. The van der Waals surface area contributed by atoms with Gasteiger partial charge in [0.05, 0.1) is 12.7 Å². The van der Waals surface area contributed by atoms with Crippen LogP contribution in [-0.2, 0) is 14.2 Å². The Labute approximate surface area is 126 Å². The molecule has 2 aliphatic rings. The second kappa shape index (κ2) is 7.01. The predicted molar refractivity (Wildman–Crippen MR) is 67.2 cm³/mol. The highest BCUT2D eigenvalue weighted by atomic mass is 16.7. The van der Waals surface area contributed by atoms with E-state index in [1.54, 1.807) is 0 Å². The molecule has 0 aromatic heterocycles. The van der Waals surface area contributed by atoms with Crippen LogP contribution in [-0.4, -0.2) is 104 Å². The van der Waals surface area contributed by atoms with Crippen molar-refractivity contribution < 1.29 is 50.0 Å². The van der Waals surface area contributed by atoms with Crippen LogP contribution in [0.5, 0.6) is 0 Å². The van der Waals surface area contributed by atoms with Crippen molar-refractivity contribution in [1.29, 1.82) is 0 Å². The number of aliphatic hydroxyl groups is 7. The van der Waals surface area contributed by atoms with Crippen molar-refractivity contribution in [3.8, 4) is 0 Å². The summed E-state index contributed by atoms with van der Waals surface area (Å²) in [4.78, 5) is 0. The Morgan fingerprint density at radius 2 is 1.45 bits per heavy atom. The highest BCUT2D eigenvalue weighted by molar-refractivity contribution is 4.92. The minimum Gasteiger partial charge on any atom is -0.394 e. The fourth-order valence-electron chi connectivity index (χ4n) is 2.50. The maximum Gasteiger partial charge on any atom is 0.187 e. The molecule has 0 amide bonds. The zero-order valence-electron chi connectivity index (χ0n) is 11.8. The summed E-state index contributed by atoms with van der Waals surface area (Å²) in [5.41, 5.74) is 0. The van der Waals surface area contributed by atoms with Crippen LogP contribution in [0.25, 0.3) is 0 Å². The van der Waals surface area contributed by atoms with E-state index in [1.807, 2.05) is 0 Å². The third-order valence-corrected chi connectivity index (χ3v) is 3.94. The van der Waals surface area contributed by atoms with Gasteiger partial charge in [-0.1, -0.05) is 0 Å². The van der Waals surface area contributed by atoms with Gasteiger partial charge in [0, 0.05) is 0 Å². The molecule has 22 heavy (non-hydrogen) atoms. The van der Waals surface area contributed by atoms with Crippen molar-refractivity contribution in [2.75, 3.05) is 6.61 Å². The summed E-state index contributed by atoms with van der Waals surface area (Å²) >= 11 is 0. The fourth-order valence-corrected chi connectivity index (χ4v) is 2.50. The van der Waals surface area contributed by atoms with Gasteiger partial charge >= 0.3 is 0 Å². The van der Waals surface area contributed by atoms with E-state index in [2.05, 4.69) is 0 Å². The standard InChI is InChI=1S/C12H22O10/c1-3-5(14)8(17)10(11(19)20-3)22-12-9(18)7(16)6(15)4(2-13)21-12/h3-19H,2H2,1H3/t3-,4+,5-,6-,7-,8+,9+,10+,11?,12?/m0/s1. The summed E-state index contributed by atoms with van der Waals surface area (Å²) in [5, 5.41) is 67.6. The van der Waals surface area contributed by atoms with Gasteiger partial charge < -0.3 is 50.0 Å². The molecule has 0 saturated carbocycles. The van der Waals surface area contributed by atoms with Gasteiger partial charge in [0.25, 0.3) is 0 Å². The molecule has 10 heteroatoms. The molecule has 10 atom stereocenters. The Morgan fingerprint density at radius 3 is 2.05 bits per heavy atom. The van der Waals surface area contributed by atoms with Crippen molar-refractivity contribution in [2.45, 2.75) is 68.3 Å². The summed E-state index contributed by atoms with van der Waals surface area (Å²) in [6.45, 7) is 0.803. The third-order valence-electron chi connectivity index (χ3n) is 3.94. The quantitative estimate of drug-likeness (QED) is 0.269. The molecule has 0 aromatic carbocycles. The summed E-state index contributed by atoms with van der Waals surface area (Å²) in [6, 6.07) is 0. The molecule has 0 radical (unpaired) electrons. The Balaban J connectivity index is 2.08. The van der Waals surface area contributed by atoms with Crippen LogP contribution in [0.3, 0.4) is 0 Å². The normalized spacial score (nSPS) is 53.5. The maximum absolute atomic E-state index is 9.92. The Kier molecular flexibility index (Phi) is 5.72. The fraction of sp³-hybridized carbons (Fsp3) is 1.00. The van der Waals surface area contributed by atoms with E-state index in [-0.39, 0.29) is 0 Å². The zero-order valence-corrected chi connectivity index (χ0v) is 11.8. The number of hydrogen-bond donors (Lipinski definition) is 7. The Hall–Kier alpha value is -0.400. The van der Waals surface area contributed by atoms with Gasteiger partial charge in [-0.05, 0) is 6.92 Å². The minimum atomic E-state index is -1.69. The van der Waals surface area contributed by atoms with E-state index in [0.717, 1.165) is 0 Å². The molecule has 0 spiro atoms. The average molecular weight is 326 g/mol. The van der Waals surface area contributed by atoms with Crippen molar-refractivity contribution in [2.24, 2.45) is 0 Å². The molecule has 2 fully saturated rings. The topological polar surface area (TPSA) is 169 Å². The highest BCUT2D eigenvalue weighted by Gasteiger charge is 2.49. The second-order valence-corrected chi connectivity index (χ2v) is 5.51. The first-order chi connectivity index (χ1) is 10.3. The number of hydrogen-bond acceptors (Lipinski definition) is 10. The van der Waals surface area contributed by atoms with Crippen LogP contribution in [0.2, 0.25) is 0 Å². The minimum absolute atomic E-state index is 0.642. The van der Waals surface area contributed by atoms with E-state index in [1.165, 1.54) is 6.92 Å². The summed E-state index contributed by atoms with van der Waals surface area (Å²) in [5.74, 6) is 0. The third kappa shape index (κ3) is 3.26. The monoisotopic (exact) mass is 326 g/mol. The number of aliphatic hydroxyl groups excluding tert-OH is 7. The lowest BCUT2D eigenvalue weighted by molar-refractivity contribution is -0.359. The molecule has 2 heterocycles. The number of rotatable bonds is 3. The van der Waals surface area contributed by atoms with E-state index < -0.39 is 68.0 Å². The SMILES string of the molecule is C[C@@H]1OC(O)[C@H](OC2O[C@H](CO)[C@H](O)[C@H](O)[C@H]2O)[C@H](O)[C@H]1O. The van der Waals surface area contributed by atoms with Crippen LogP contribution < -0.4 is 0 Å². The molecular formula is C12H22O10. The van der Waals surface area contributed by atoms with Crippen molar-refractivity contribution >= 4 is 0 Å². The molecule has 10 nitrogen and oxygen atoms in total. The molecule has 2 rings (SSSR count). The predicted octanol–water partition coefficient (Wildman–Crippen LogP) is -4.37. The van der Waals surface area contributed by atoms with Crippen LogP contribution >= 0.6 is 0 Å². The molecule has 2 aliphatic heterocycles.